The Morgan fingerprint density at radius 2 is 1.67 bits per heavy atom. The number of carbonyl (C=O) groups is 2. The summed E-state index contributed by atoms with van der Waals surface area (Å²) in [5, 5.41) is 0. The summed E-state index contributed by atoms with van der Waals surface area (Å²) in [4.78, 5) is 30.4. The molecule has 0 radical (unpaired) electrons. The van der Waals surface area contributed by atoms with Crippen LogP contribution in [0.3, 0.4) is 0 Å². The lowest BCUT2D eigenvalue weighted by Gasteiger charge is -2.36. The molecule has 33 heavy (non-hydrogen) atoms. The van der Waals surface area contributed by atoms with Gasteiger partial charge in [0.1, 0.15) is 0 Å². The SMILES string of the molecule is CC(C)CN(CC(=O)N(Cc1cccn1Cc1ccccc1)C1CCCCC1)C(=O)C(C)C. The first-order valence-electron chi connectivity index (χ1n) is 12.6. The molecule has 180 valence electrons. The van der Waals surface area contributed by atoms with E-state index in [2.05, 4.69) is 65.9 Å². The molecule has 5 heteroatoms. The number of hydrogen-bond donors (Lipinski definition) is 0. The van der Waals surface area contributed by atoms with Crippen molar-refractivity contribution in [2.75, 3.05) is 13.1 Å². The lowest BCUT2D eigenvalue weighted by Crippen LogP contribution is -2.49. The Morgan fingerprint density at radius 3 is 2.30 bits per heavy atom. The molecular weight excluding hydrogens is 410 g/mol. The summed E-state index contributed by atoms with van der Waals surface area (Å²) in [7, 11) is 0. The van der Waals surface area contributed by atoms with Crippen molar-refractivity contribution >= 4 is 11.8 Å². The van der Waals surface area contributed by atoms with Gasteiger partial charge in [-0.25, -0.2) is 0 Å². The zero-order chi connectivity index (χ0) is 23.8. The standard InChI is InChI=1S/C28H41N3O2/c1-22(2)18-30(28(33)23(3)4)21-27(32)31(25-14-9-6-10-15-25)20-26-16-11-17-29(26)19-24-12-7-5-8-13-24/h5,7-8,11-13,16-17,22-23,25H,6,9-10,14-15,18-21H2,1-4H3. The molecule has 0 atom stereocenters. The Hall–Kier alpha value is -2.56. The maximum Gasteiger partial charge on any atom is 0.242 e. The van der Waals surface area contributed by atoms with Gasteiger partial charge in [-0.1, -0.05) is 77.3 Å². The first-order valence-corrected chi connectivity index (χ1v) is 12.6. The van der Waals surface area contributed by atoms with E-state index in [4.69, 9.17) is 0 Å². The molecule has 2 aromatic rings. The summed E-state index contributed by atoms with van der Waals surface area (Å²) >= 11 is 0. The van der Waals surface area contributed by atoms with Crippen molar-refractivity contribution in [3.63, 3.8) is 0 Å². The van der Waals surface area contributed by atoms with Crippen molar-refractivity contribution in [2.45, 2.75) is 78.9 Å². The van der Waals surface area contributed by atoms with Gasteiger partial charge in [0.2, 0.25) is 11.8 Å². The Labute approximate surface area is 199 Å². The molecule has 1 fully saturated rings. The number of benzene rings is 1. The van der Waals surface area contributed by atoms with Crippen LogP contribution >= 0.6 is 0 Å². The summed E-state index contributed by atoms with van der Waals surface area (Å²) in [6.07, 6.45) is 7.77. The molecule has 3 rings (SSSR count). The molecule has 0 saturated heterocycles. The third-order valence-electron chi connectivity index (χ3n) is 6.50. The second-order valence-corrected chi connectivity index (χ2v) is 10.2. The highest BCUT2D eigenvalue weighted by Gasteiger charge is 2.29. The van der Waals surface area contributed by atoms with Crippen LogP contribution in [0, 0.1) is 11.8 Å². The average Bonchev–Trinajstić information content (AvgIpc) is 3.23. The van der Waals surface area contributed by atoms with E-state index in [9.17, 15) is 9.59 Å². The van der Waals surface area contributed by atoms with Crippen LogP contribution in [0.15, 0.2) is 48.7 Å². The maximum atomic E-state index is 13.7. The molecule has 5 nitrogen and oxygen atoms in total. The van der Waals surface area contributed by atoms with Crippen LogP contribution in [0.2, 0.25) is 0 Å². The van der Waals surface area contributed by atoms with Crippen LogP contribution in [0.1, 0.15) is 71.1 Å². The van der Waals surface area contributed by atoms with Crippen molar-refractivity contribution in [2.24, 2.45) is 11.8 Å². The van der Waals surface area contributed by atoms with Gasteiger partial charge in [-0.3, -0.25) is 9.59 Å². The topological polar surface area (TPSA) is 45.6 Å². The van der Waals surface area contributed by atoms with E-state index in [-0.39, 0.29) is 30.3 Å². The highest BCUT2D eigenvalue weighted by molar-refractivity contribution is 5.85. The Morgan fingerprint density at radius 1 is 0.970 bits per heavy atom. The quantitative estimate of drug-likeness (QED) is 0.490. The Bertz CT molecular complexity index is 882. The molecule has 0 unspecified atom stereocenters. The van der Waals surface area contributed by atoms with E-state index in [0.717, 1.165) is 25.1 Å². The number of carbonyl (C=O) groups excluding carboxylic acids is 2. The minimum Gasteiger partial charge on any atom is -0.345 e. The van der Waals surface area contributed by atoms with Crippen molar-refractivity contribution < 1.29 is 9.59 Å². The molecule has 0 N–H and O–H groups in total. The highest BCUT2D eigenvalue weighted by Crippen LogP contribution is 2.25. The number of hydrogen-bond acceptors (Lipinski definition) is 2. The van der Waals surface area contributed by atoms with Gasteiger partial charge in [0.15, 0.2) is 0 Å². The Balaban J connectivity index is 1.80. The Kier molecular flexibility index (Phi) is 9.16. The molecule has 1 aromatic carbocycles. The van der Waals surface area contributed by atoms with Crippen LogP contribution < -0.4 is 0 Å². The van der Waals surface area contributed by atoms with Gasteiger partial charge in [0, 0.05) is 36.9 Å². The van der Waals surface area contributed by atoms with Gasteiger partial charge in [-0.15, -0.1) is 0 Å². The first kappa shape index (κ1) is 25.1. The summed E-state index contributed by atoms with van der Waals surface area (Å²) in [6, 6.07) is 14.9. The zero-order valence-corrected chi connectivity index (χ0v) is 20.9. The van der Waals surface area contributed by atoms with Gasteiger partial charge in [-0.2, -0.15) is 0 Å². The molecule has 0 bridgehead atoms. The molecule has 1 aliphatic carbocycles. The number of amides is 2. The molecule has 0 aliphatic heterocycles. The second kappa shape index (κ2) is 12.1. The molecule has 2 amide bonds. The van der Waals surface area contributed by atoms with Crippen molar-refractivity contribution in [3.8, 4) is 0 Å². The third kappa shape index (κ3) is 7.21. The lowest BCUT2D eigenvalue weighted by molar-refractivity contribution is -0.144. The van der Waals surface area contributed by atoms with Crippen molar-refractivity contribution in [3.05, 3.63) is 59.9 Å². The molecule has 1 saturated carbocycles. The summed E-state index contributed by atoms with van der Waals surface area (Å²) in [5.74, 6) is 0.353. The van der Waals surface area contributed by atoms with Crippen LogP contribution in [0.25, 0.3) is 0 Å². The normalized spacial score (nSPS) is 14.6. The largest absolute Gasteiger partial charge is 0.345 e. The predicted octanol–water partition coefficient (Wildman–Crippen LogP) is 5.34. The van der Waals surface area contributed by atoms with E-state index in [1.165, 1.54) is 24.8 Å². The summed E-state index contributed by atoms with van der Waals surface area (Å²) in [5.41, 5.74) is 2.39. The maximum absolute atomic E-state index is 13.7. The van der Waals surface area contributed by atoms with Gasteiger partial charge in [-0.05, 0) is 36.5 Å². The van der Waals surface area contributed by atoms with Crippen LogP contribution in [0.4, 0.5) is 0 Å². The zero-order valence-electron chi connectivity index (χ0n) is 20.9. The molecule has 0 spiro atoms. The third-order valence-corrected chi connectivity index (χ3v) is 6.50. The minimum absolute atomic E-state index is 0.0631. The first-order chi connectivity index (χ1) is 15.8. The molecule has 1 heterocycles. The van der Waals surface area contributed by atoms with Gasteiger partial charge in [0.05, 0.1) is 13.1 Å². The van der Waals surface area contributed by atoms with Crippen LogP contribution in [0.5, 0.6) is 0 Å². The fourth-order valence-electron chi connectivity index (χ4n) is 4.81. The summed E-state index contributed by atoms with van der Waals surface area (Å²) < 4.78 is 2.24. The van der Waals surface area contributed by atoms with E-state index in [0.29, 0.717) is 19.0 Å². The number of nitrogens with zero attached hydrogens (tertiary/aromatic N) is 3. The fourth-order valence-corrected chi connectivity index (χ4v) is 4.81. The van der Waals surface area contributed by atoms with Gasteiger partial charge in [0.25, 0.3) is 0 Å². The lowest BCUT2D eigenvalue weighted by atomic mass is 9.94. The predicted molar refractivity (Wildman–Crippen MR) is 134 cm³/mol. The highest BCUT2D eigenvalue weighted by atomic mass is 16.2. The van der Waals surface area contributed by atoms with E-state index < -0.39 is 0 Å². The smallest absolute Gasteiger partial charge is 0.242 e. The van der Waals surface area contributed by atoms with Gasteiger partial charge < -0.3 is 14.4 Å². The monoisotopic (exact) mass is 451 g/mol. The average molecular weight is 452 g/mol. The molecular formula is C28H41N3O2. The van der Waals surface area contributed by atoms with Crippen molar-refractivity contribution in [1.82, 2.24) is 14.4 Å². The van der Waals surface area contributed by atoms with Crippen LogP contribution in [-0.4, -0.2) is 45.3 Å². The van der Waals surface area contributed by atoms with E-state index in [1.54, 1.807) is 4.90 Å². The molecule has 1 aromatic heterocycles. The second-order valence-electron chi connectivity index (χ2n) is 10.2. The minimum atomic E-state index is -0.109. The fraction of sp³-hybridized carbons (Fsp3) is 0.571. The van der Waals surface area contributed by atoms with Crippen LogP contribution in [-0.2, 0) is 22.7 Å². The molecule has 1 aliphatic rings. The van der Waals surface area contributed by atoms with Gasteiger partial charge >= 0.3 is 0 Å². The number of aromatic nitrogens is 1. The van der Waals surface area contributed by atoms with E-state index >= 15 is 0 Å². The van der Waals surface area contributed by atoms with E-state index in [1.807, 2.05) is 19.9 Å². The van der Waals surface area contributed by atoms with Crippen molar-refractivity contribution in [1.29, 1.82) is 0 Å². The number of rotatable bonds is 10. The summed E-state index contributed by atoms with van der Waals surface area (Å²) in [6.45, 7) is 10.2.